The molecule has 0 aliphatic carbocycles. The van der Waals surface area contributed by atoms with E-state index >= 15 is 0 Å². The minimum atomic E-state index is -0.501. The van der Waals surface area contributed by atoms with Gasteiger partial charge in [-0.15, -0.1) is 5.10 Å². The first-order valence-electron chi connectivity index (χ1n) is 11.8. The number of benzene rings is 2. The highest BCUT2D eigenvalue weighted by Gasteiger charge is 2.33. The lowest BCUT2D eigenvalue weighted by Gasteiger charge is -2.39. The number of hydrogen-bond acceptors (Lipinski definition) is 8. The van der Waals surface area contributed by atoms with Crippen LogP contribution in [0.4, 0.5) is 10.1 Å². The van der Waals surface area contributed by atoms with Gasteiger partial charge in [0.15, 0.2) is 5.82 Å². The number of fused-ring (bicyclic) bond motifs is 1. The van der Waals surface area contributed by atoms with Crippen LogP contribution in [-0.2, 0) is 11.3 Å². The zero-order valence-corrected chi connectivity index (χ0v) is 20.2. The Morgan fingerprint density at radius 3 is 2.64 bits per heavy atom. The van der Waals surface area contributed by atoms with Crippen LogP contribution in [0.1, 0.15) is 17.4 Å². The average Bonchev–Trinajstić information content (AvgIpc) is 3.36. The molecular weight excluding hydrogens is 465 g/mol. The molecule has 1 fully saturated rings. The zero-order valence-electron chi connectivity index (χ0n) is 20.2. The quantitative estimate of drug-likeness (QED) is 0.399. The molecule has 0 spiro atoms. The summed E-state index contributed by atoms with van der Waals surface area (Å²) in [6, 6.07) is 13.7. The van der Waals surface area contributed by atoms with Crippen molar-refractivity contribution in [2.45, 2.75) is 12.6 Å². The Kier molecular flexibility index (Phi) is 6.92. The van der Waals surface area contributed by atoms with Crippen LogP contribution in [0.3, 0.4) is 0 Å². The molecule has 36 heavy (non-hydrogen) atoms. The van der Waals surface area contributed by atoms with Gasteiger partial charge in [-0.2, -0.15) is 0 Å². The van der Waals surface area contributed by atoms with Gasteiger partial charge in [-0.3, -0.25) is 9.69 Å². The van der Waals surface area contributed by atoms with Gasteiger partial charge in [0, 0.05) is 49.8 Å². The first-order valence-corrected chi connectivity index (χ1v) is 11.8. The molecule has 0 bridgehead atoms. The predicted octanol–water partition coefficient (Wildman–Crippen LogP) is 2.22. The number of aromatic nitrogens is 5. The van der Waals surface area contributed by atoms with Gasteiger partial charge in [0.25, 0.3) is 5.56 Å². The number of ether oxygens (including phenoxy) is 2. The number of piperazine rings is 1. The van der Waals surface area contributed by atoms with Crippen molar-refractivity contribution in [2.75, 3.05) is 51.9 Å². The SMILES string of the molecule is COCCn1nnnc1C(c1cc2cc(OC)ccc2[nH]c1=O)N1CCN(c2ccccc2F)CC1. The molecule has 5 rings (SSSR count). The van der Waals surface area contributed by atoms with Crippen LogP contribution < -0.4 is 15.2 Å². The Bertz CT molecular complexity index is 1400. The number of hydrogen-bond donors (Lipinski definition) is 1. The third-order valence-electron chi connectivity index (χ3n) is 6.56. The molecule has 2 aromatic carbocycles. The molecule has 2 aromatic heterocycles. The molecule has 0 radical (unpaired) electrons. The standard InChI is InChI=1S/C25H28FN7O3/c1-35-14-13-33-24(28-29-30-33)23(19-16-17-15-18(36-2)7-8-21(17)27-25(19)34)32-11-9-31(10-12-32)22-6-4-3-5-20(22)26/h3-8,15-16,23H,9-14H2,1-2H3,(H,27,34). The van der Waals surface area contributed by atoms with Crippen LogP contribution >= 0.6 is 0 Å². The molecule has 11 heteroatoms. The lowest BCUT2D eigenvalue weighted by Crippen LogP contribution is -2.49. The fourth-order valence-electron chi connectivity index (χ4n) is 4.70. The van der Waals surface area contributed by atoms with Gasteiger partial charge in [0.1, 0.15) is 17.6 Å². The Balaban J connectivity index is 1.53. The maximum absolute atomic E-state index is 14.4. The summed E-state index contributed by atoms with van der Waals surface area (Å²) in [6.45, 7) is 3.24. The number of nitrogens with zero attached hydrogens (tertiary/aromatic N) is 6. The highest BCUT2D eigenvalue weighted by atomic mass is 19.1. The lowest BCUT2D eigenvalue weighted by atomic mass is 10.0. The number of para-hydroxylation sites is 1. The lowest BCUT2D eigenvalue weighted by molar-refractivity contribution is 0.171. The van der Waals surface area contributed by atoms with Crippen LogP contribution in [0, 0.1) is 5.82 Å². The summed E-state index contributed by atoms with van der Waals surface area (Å²) in [7, 11) is 3.22. The Labute approximate surface area is 207 Å². The van der Waals surface area contributed by atoms with Gasteiger partial charge >= 0.3 is 0 Å². The average molecular weight is 494 g/mol. The topological polar surface area (TPSA) is 101 Å². The minimum Gasteiger partial charge on any atom is -0.497 e. The van der Waals surface area contributed by atoms with Gasteiger partial charge in [0.05, 0.1) is 25.9 Å². The number of anilines is 1. The van der Waals surface area contributed by atoms with Gasteiger partial charge in [-0.1, -0.05) is 12.1 Å². The number of methoxy groups -OCH3 is 2. The van der Waals surface area contributed by atoms with Crippen molar-refractivity contribution in [3.8, 4) is 5.75 Å². The van der Waals surface area contributed by atoms with E-state index in [2.05, 4.69) is 25.4 Å². The van der Waals surface area contributed by atoms with E-state index in [0.29, 0.717) is 67.7 Å². The fraction of sp³-hybridized carbons (Fsp3) is 0.360. The number of rotatable bonds is 8. The van der Waals surface area contributed by atoms with Crippen LogP contribution in [-0.4, -0.2) is 77.1 Å². The van der Waals surface area contributed by atoms with E-state index in [1.54, 1.807) is 31.0 Å². The number of pyridine rings is 1. The molecule has 1 atom stereocenters. The molecule has 1 saturated heterocycles. The van der Waals surface area contributed by atoms with E-state index in [1.807, 2.05) is 35.2 Å². The molecular formula is C25H28FN7O3. The van der Waals surface area contributed by atoms with Crippen LogP contribution in [0.2, 0.25) is 0 Å². The van der Waals surface area contributed by atoms with E-state index in [-0.39, 0.29) is 11.4 Å². The number of H-pyrrole nitrogens is 1. The van der Waals surface area contributed by atoms with Crippen molar-refractivity contribution in [2.24, 2.45) is 0 Å². The number of aromatic amines is 1. The summed E-state index contributed by atoms with van der Waals surface area (Å²) < 4.78 is 26.7. The van der Waals surface area contributed by atoms with Crippen molar-refractivity contribution in [1.29, 1.82) is 0 Å². The zero-order chi connectivity index (χ0) is 25.1. The van der Waals surface area contributed by atoms with Gasteiger partial charge < -0.3 is 19.4 Å². The van der Waals surface area contributed by atoms with Crippen molar-refractivity contribution in [3.63, 3.8) is 0 Å². The maximum atomic E-state index is 14.4. The Morgan fingerprint density at radius 2 is 1.89 bits per heavy atom. The first kappa shape index (κ1) is 23.9. The Morgan fingerprint density at radius 1 is 1.08 bits per heavy atom. The second kappa shape index (κ2) is 10.4. The van der Waals surface area contributed by atoms with Gasteiger partial charge in [0.2, 0.25) is 0 Å². The number of halogens is 1. The molecule has 3 heterocycles. The first-order chi connectivity index (χ1) is 17.6. The smallest absolute Gasteiger partial charge is 0.253 e. The molecule has 188 valence electrons. The molecule has 0 saturated carbocycles. The van der Waals surface area contributed by atoms with Crippen molar-refractivity contribution >= 4 is 16.6 Å². The van der Waals surface area contributed by atoms with Crippen molar-refractivity contribution < 1.29 is 13.9 Å². The second-order valence-electron chi connectivity index (χ2n) is 8.64. The van der Waals surface area contributed by atoms with E-state index in [0.717, 1.165) is 5.39 Å². The predicted molar refractivity (Wildman–Crippen MR) is 133 cm³/mol. The summed E-state index contributed by atoms with van der Waals surface area (Å²) in [4.78, 5) is 20.5. The molecule has 1 aliphatic heterocycles. The molecule has 10 nitrogen and oxygen atoms in total. The fourth-order valence-corrected chi connectivity index (χ4v) is 4.70. The third kappa shape index (κ3) is 4.67. The molecule has 4 aromatic rings. The van der Waals surface area contributed by atoms with E-state index in [4.69, 9.17) is 9.47 Å². The Hall–Kier alpha value is -3.83. The number of tetrazole rings is 1. The molecule has 1 unspecified atom stereocenters. The minimum absolute atomic E-state index is 0.213. The van der Waals surface area contributed by atoms with Gasteiger partial charge in [-0.05, 0) is 46.8 Å². The summed E-state index contributed by atoms with van der Waals surface area (Å²) in [5.41, 5.74) is 1.61. The summed E-state index contributed by atoms with van der Waals surface area (Å²) >= 11 is 0. The summed E-state index contributed by atoms with van der Waals surface area (Å²) in [6.07, 6.45) is 0. The monoisotopic (exact) mass is 493 g/mol. The summed E-state index contributed by atoms with van der Waals surface area (Å²) in [5, 5.41) is 13.2. The normalized spacial score (nSPS) is 15.4. The summed E-state index contributed by atoms with van der Waals surface area (Å²) in [5.74, 6) is 1.01. The van der Waals surface area contributed by atoms with E-state index in [1.165, 1.54) is 6.07 Å². The molecule has 1 N–H and O–H groups in total. The van der Waals surface area contributed by atoms with Crippen LogP contribution in [0.15, 0.2) is 53.3 Å². The highest BCUT2D eigenvalue weighted by Crippen LogP contribution is 2.30. The number of nitrogens with one attached hydrogen (secondary N) is 1. The molecule has 0 amide bonds. The van der Waals surface area contributed by atoms with Crippen molar-refractivity contribution in [3.05, 3.63) is 76.1 Å². The largest absolute Gasteiger partial charge is 0.497 e. The third-order valence-corrected chi connectivity index (χ3v) is 6.56. The van der Waals surface area contributed by atoms with E-state index in [9.17, 15) is 9.18 Å². The van der Waals surface area contributed by atoms with E-state index < -0.39 is 6.04 Å². The second-order valence-corrected chi connectivity index (χ2v) is 8.64. The maximum Gasteiger partial charge on any atom is 0.253 e. The van der Waals surface area contributed by atoms with Crippen LogP contribution in [0.5, 0.6) is 5.75 Å². The molecule has 1 aliphatic rings. The van der Waals surface area contributed by atoms with Crippen molar-refractivity contribution in [1.82, 2.24) is 30.1 Å². The van der Waals surface area contributed by atoms with Gasteiger partial charge in [-0.25, -0.2) is 9.07 Å². The highest BCUT2D eigenvalue weighted by molar-refractivity contribution is 5.80. The van der Waals surface area contributed by atoms with Crippen LogP contribution in [0.25, 0.3) is 10.9 Å².